The van der Waals surface area contributed by atoms with Crippen LogP contribution < -0.4 is 0 Å². The molecular formula is C16H22N6O. The number of aromatic nitrogens is 5. The molecule has 0 amide bonds. The van der Waals surface area contributed by atoms with Crippen molar-refractivity contribution in [3.05, 3.63) is 41.3 Å². The summed E-state index contributed by atoms with van der Waals surface area (Å²) in [5, 5.41) is 13.0. The van der Waals surface area contributed by atoms with E-state index in [9.17, 15) is 0 Å². The number of hydrogen-bond donors (Lipinski definition) is 1. The van der Waals surface area contributed by atoms with Crippen LogP contribution >= 0.6 is 0 Å². The third-order valence-corrected chi connectivity index (χ3v) is 4.63. The maximum absolute atomic E-state index is 4.05. The Morgan fingerprint density at radius 2 is 2.04 bits per heavy atom. The fraction of sp³-hybridized carbons (Fsp3) is 0.438. The highest BCUT2D eigenvalue weighted by Crippen LogP contribution is 2.32. The van der Waals surface area contributed by atoms with Gasteiger partial charge >= 0.3 is 0 Å². The van der Waals surface area contributed by atoms with Crippen LogP contribution in [0.5, 0.6) is 0 Å². The third-order valence-electron chi connectivity index (χ3n) is 4.63. The second-order valence-corrected chi connectivity index (χ2v) is 6.26. The largest absolute Gasteiger partial charge is 0.412 e. The molecule has 0 unspecified atom stereocenters. The number of nitrogens with zero attached hydrogens (tertiary/aromatic N) is 5. The SMILES string of the molecule is CN1CC(c2c[nH]c3ccc(CCc4nnnn4C)cc23)C1.O. The van der Waals surface area contributed by atoms with Crippen LogP contribution in [0.1, 0.15) is 22.9 Å². The van der Waals surface area contributed by atoms with E-state index in [0.29, 0.717) is 5.92 Å². The molecule has 2 aromatic heterocycles. The Hall–Kier alpha value is -2.25. The molecule has 7 nitrogen and oxygen atoms in total. The number of likely N-dealkylation sites (tertiary alicyclic amines) is 1. The monoisotopic (exact) mass is 314 g/mol. The smallest absolute Gasteiger partial charge is 0.151 e. The second-order valence-electron chi connectivity index (χ2n) is 6.26. The van der Waals surface area contributed by atoms with Gasteiger partial charge in [0.15, 0.2) is 5.82 Å². The van der Waals surface area contributed by atoms with Crippen molar-refractivity contribution in [3.63, 3.8) is 0 Å². The van der Waals surface area contributed by atoms with Gasteiger partial charge < -0.3 is 15.4 Å². The molecule has 3 heterocycles. The average Bonchev–Trinajstić information content (AvgIpc) is 3.07. The molecule has 0 radical (unpaired) electrons. The number of likely N-dealkylation sites (N-methyl/N-ethyl adjacent to an activating group) is 1. The lowest BCUT2D eigenvalue weighted by atomic mass is 9.91. The molecule has 1 fully saturated rings. The number of benzene rings is 1. The lowest BCUT2D eigenvalue weighted by Crippen LogP contribution is -2.41. The summed E-state index contributed by atoms with van der Waals surface area (Å²) >= 11 is 0. The standard InChI is InChI=1S/C16H20N6.H2O/c1-21-9-12(10-21)14-8-17-15-5-3-11(7-13(14)15)4-6-16-18-19-20-22(16)2;/h3,5,7-8,12,17H,4,6,9-10H2,1-2H3;1H2. The molecule has 0 spiro atoms. The van der Waals surface area contributed by atoms with Gasteiger partial charge in [0, 0.05) is 49.6 Å². The normalized spacial score (nSPS) is 15.6. The Morgan fingerprint density at radius 3 is 2.74 bits per heavy atom. The minimum atomic E-state index is 0. The number of aromatic amines is 1. The lowest BCUT2D eigenvalue weighted by Gasteiger charge is -2.36. The third kappa shape index (κ3) is 2.85. The van der Waals surface area contributed by atoms with Crippen LogP contribution in [0, 0.1) is 0 Å². The lowest BCUT2D eigenvalue weighted by molar-refractivity contribution is 0.190. The highest BCUT2D eigenvalue weighted by atomic mass is 16.0. The van der Waals surface area contributed by atoms with Gasteiger partial charge in [0.25, 0.3) is 0 Å². The maximum Gasteiger partial charge on any atom is 0.151 e. The van der Waals surface area contributed by atoms with E-state index in [-0.39, 0.29) is 5.48 Å². The fourth-order valence-electron chi connectivity index (χ4n) is 3.29. The van der Waals surface area contributed by atoms with Gasteiger partial charge in [0.05, 0.1) is 0 Å². The molecule has 122 valence electrons. The molecule has 3 aromatic rings. The Balaban J connectivity index is 0.00000156. The Kier molecular flexibility index (Phi) is 4.14. The van der Waals surface area contributed by atoms with E-state index in [1.807, 2.05) is 7.05 Å². The molecule has 1 aromatic carbocycles. The van der Waals surface area contributed by atoms with Crippen LogP contribution in [-0.2, 0) is 19.9 Å². The molecule has 3 N–H and O–H groups in total. The Morgan fingerprint density at radius 1 is 1.22 bits per heavy atom. The van der Waals surface area contributed by atoms with Crippen LogP contribution in [0.25, 0.3) is 10.9 Å². The van der Waals surface area contributed by atoms with Crippen molar-refractivity contribution in [2.24, 2.45) is 7.05 Å². The van der Waals surface area contributed by atoms with Crippen molar-refractivity contribution >= 4 is 10.9 Å². The number of H-pyrrole nitrogens is 1. The van der Waals surface area contributed by atoms with Crippen LogP contribution in [0.3, 0.4) is 0 Å². The van der Waals surface area contributed by atoms with Crippen molar-refractivity contribution in [3.8, 4) is 0 Å². The Labute approximate surface area is 134 Å². The summed E-state index contributed by atoms with van der Waals surface area (Å²) in [5.41, 5.74) is 4.02. The van der Waals surface area contributed by atoms with Gasteiger partial charge in [-0.25, -0.2) is 4.68 Å². The molecule has 1 aliphatic rings. The van der Waals surface area contributed by atoms with E-state index in [4.69, 9.17) is 0 Å². The van der Waals surface area contributed by atoms with Crippen molar-refractivity contribution in [1.82, 2.24) is 30.1 Å². The zero-order chi connectivity index (χ0) is 15.1. The second kappa shape index (κ2) is 6.10. The van der Waals surface area contributed by atoms with E-state index in [2.05, 4.69) is 56.9 Å². The fourth-order valence-corrected chi connectivity index (χ4v) is 3.29. The summed E-state index contributed by atoms with van der Waals surface area (Å²) < 4.78 is 1.74. The summed E-state index contributed by atoms with van der Waals surface area (Å²) in [4.78, 5) is 5.76. The minimum Gasteiger partial charge on any atom is -0.412 e. The number of hydrogen-bond acceptors (Lipinski definition) is 4. The van der Waals surface area contributed by atoms with Gasteiger partial charge in [0.2, 0.25) is 0 Å². The topological polar surface area (TPSA) is 94.1 Å². The van der Waals surface area contributed by atoms with E-state index in [1.165, 1.54) is 22.0 Å². The van der Waals surface area contributed by atoms with Gasteiger partial charge in [-0.15, -0.1) is 5.10 Å². The first kappa shape index (κ1) is 15.6. The number of nitrogens with one attached hydrogen (secondary N) is 1. The van der Waals surface area contributed by atoms with Crippen molar-refractivity contribution in [2.75, 3.05) is 20.1 Å². The molecule has 1 aliphatic heterocycles. The first-order chi connectivity index (χ1) is 10.7. The maximum atomic E-state index is 4.05. The molecule has 0 atom stereocenters. The van der Waals surface area contributed by atoms with Crippen LogP contribution in [0.4, 0.5) is 0 Å². The van der Waals surface area contributed by atoms with Gasteiger partial charge in [-0.1, -0.05) is 6.07 Å². The number of tetrazole rings is 1. The molecule has 0 aliphatic carbocycles. The summed E-state index contributed by atoms with van der Waals surface area (Å²) in [6.07, 6.45) is 4.00. The first-order valence-corrected chi connectivity index (χ1v) is 7.70. The van der Waals surface area contributed by atoms with Crippen molar-refractivity contribution in [1.29, 1.82) is 0 Å². The highest BCUT2D eigenvalue weighted by Gasteiger charge is 2.26. The summed E-state index contributed by atoms with van der Waals surface area (Å²) in [6, 6.07) is 6.70. The first-order valence-electron chi connectivity index (χ1n) is 7.70. The molecule has 0 saturated carbocycles. The number of rotatable bonds is 4. The van der Waals surface area contributed by atoms with Gasteiger partial charge in [0.1, 0.15) is 0 Å². The molecule has 0 bridgehead atoms. The van der Waals surface area contributed by atoms with Gasteiger partial charge in [-0.3, -0.25) is 0 Å². The van der Waals surface area contributed by atoms with Crippen LogP contribution in [-0.4, -0.2) is 55.7 Å². The van der Waals surface area contributed by atoms with Crippen molar-refractivity contribution in [2.45, 2.75) is 18.8 Å². The predicted molar refractivity (Wildman–Crippen MR) is 88.4 cm³/mol. The minimum absolute atomic E-state index is 0. The van der Waals surface area contributed by atoms with Crippen molar-refractivity contribution < 1.29 is 5.48 Å². The zero-order valence-corrected chi connectivity index (χ0v) is 13.5. The van der Waals surface area contributed by atoms with Gasteiger partial charge in [-0.05, 0) is 47.2 Å². The van der Waals surface area contributed by atoms with Crippen LogP contribution in [0.2, 0.25) is 0 Å². The van der Waals surface area contributed by atoms with E-state index >= 15 is 0 Å². The van der Waals surface area contributed by atoms with E-state index in [0.717, 1.165) is 31.8 Å². The quantitative estimate of drug-likeness (QED) is 0.766. The summed E-state index contributed by atoms with van der Waals surface area (Å²) in [7, 11) is 4.06. The highest BCUT2D eigenvalue weighted by molar-refractivity contribution is 5.84. The molecule has 23 heavy (non-hydrogen) atoms. The number of aryl methyl sites for hydroxylation is 3. The zero-order valence-electron chi connectivity index (χ0n) is 13.5. The molecule has 4 rings (SSSR count). The summed E-state index contributed by atoms with van der Waals surface area (Å²) in [5.74, 6) is 1.59. The summed E-state index contributed by atoms with van der Waals surface area (Å²) in [6.45, 7) is 2.31. The predicted octanol–water partition coefficient (Wildman–Crippen LogP) is 0.681. The average molecular weight is 314 g/mol. The molecular weight excluding hydrogens is 292 g/mol. The number of fused-ring (bicyclic) bond motifs is 1. The van der Waals surface area contributed by atoms with Crippen LogP contribution in [0.15, 0.2) is 24.4 Å². The van der Waals surface area contributed by atoms with E-state index in [1.54, 1.807) is 4.68 Å². The molecule has 7 heteroatoms. The Bertz CT molecular complexity index is 802. The van der Waals surface area contributed by atoms with E-state index < -0.39 is 0 Å². The van der Waals surface area contributed by atoms with Gasteiger partial charge in [-0.2, -0.15) is 0 Å². The molecule has 1 saturated heterocycles.